The summed E-state index contributed by atoms with van der Waals surface area (Å²) in [6, 6.07) is 19.1. The van der Waals surface area contributed by atoms with Gasteiger partial charge in [0.05, 0.1) is 6.61 Å². The number of aliphatic hydroxyl groups excluding tert-OH is 1. The van der Waals surface area contributed by atoms with Crippen LogP contribution < -0.4 is 0 Å². The topological polar surface area (TPSA) is 37.3 Å². The molecule has 3 aromatic carbocycles. The fourth-order valence-electron chi connectivity index (χ4n) is 3.79. The highest BCUT2D eigenvalue weighted by atomic mass is 19.1. The number of Topliss-reactive ketones (excluding diaryl/α,β-unsaturated/α-hetero) is 1. The van der Waals surface area contributed by atoms with E-state index in [1.54, 1.807) is 19.1 Å². The van der Waals surface area contributed by atoms with Crippen LogP contribution in [-0.2, 0) is 11.2 Å². The summed E-state index contributed by atoms with van der Waals surface area (Å²) in [6.45, 7) is 7.36. The summed E-state index contributed by atoms with van der Waals surface area (Å²) in [4.78, 5) is 11.9. The van der Waals surface area contributed by atoms with Crippen LogP contribution in [0, 0.1) is 25.1 Å². The molecule has 0 fully saturated rings. The molecule has 1 atom stereocenters. The van der Waals surface area contributed by atoms with Gasteiger partial charge in [0.2, 0.25) is 0 Å². The Hall–Kier alpha value is -3.04. The molecule has 32 heavy (non-hydrogen) atoms. The molecule has 166 valence electrons. The molecular formula is C29H31FO2. The lowest BCUT2D eigenvalue weighted by molar-refractivity contribution is -0.128. The normalized spacial score (nSPS) is 13.3. The van der Waals surface area contributed by atoms with Gasteiger partial charge in [0.15, 0.2) is 0 Å². The first-order valence-electron chi connectivity index (χ1n) is 11.0. The lowest BCUT2D eigenvalue weighted by Crippen LogP contribution is -2.30. The largest absolute Gasteiger partial charge is 0.395 e. The highest BCUT2D eigenvalue weighted by molar-refractivity contribution is 5.82. The SMILES string of the molecule is CC(=O)C(C)(CO)CCc1ccc(C)c(/C=C/c2cccc(-c3cccc(F)c3)c2C)c1. The minimum absolute atomic E-state index is 0.0147. The van der Waals surface area contributed by atoms with Crippen molar-refractivity contribution >= 4 is 17.9 Å². The van der Waals surface area contributed by atoms with Crippen molar-refractivity contribution in [2.45, 2.75) is 40.5 Å². The predicted octanol–water partition coefficient (Wildman–Crippen LogP) is 6.80. The van der Waals surface area contributed by atoms with E-state index in [1.807, 2.05) is 25.1 Å². The second-order valence-corrected chi connectivity index (χ2v) is 8.83. The number of benzene rings is 3. The lowest BCUT2D eigenvalue weighted by atomic mass is 9.81. The van der Waals surface area contributed by atoms with Gasteiger partial charge in [0.25, 0.3) is 0 Å². The van der Waals surface area contributed by atoms with E-state index in [-0.39, 0.29) is 18.2 Å². The Kier molecular flexibility index (Phi) is 7.42. The van der Waals surface area contributed by atoms with Gasteiger partial charge in [0, 0.05) is 5.41 Å². The number of hydrogen-bond acceptors (Lipinski definition) is 2. The summed E-state index contributed by atoms with van der Waals surface area (Å²) in [5.74, 6) is -0.224. The van der Waals surface area contributed by atoms with Crippen LogP contribution in [0.1, 0.15) is 48.1 Å². The number of aryl methyl sites for hydroxylation is 2. The van der Waals surface area contributed by atoms with Gasteiger partial charge < -0.3 is 5.11 Å². The Balaban J connectivity index is 1.85. The van der Waals surface area contributed by atoms with Crippen LogP contribution in [0.5, 0.6) is 0 Å². The van der Waals surface area contributed by atoms with Gasteiger partial charge in [-0.15, -0.1) is 0 Å². The number of ketones is 1. The summed E-state index contributed by atoms with van der Waals surface area (Å²) in [7, 11) is 0. The zero-order valence-electron chi connectivity index (χ0n) is 19.3. The molecule has 0 radical (unpaired) electrons. The molecule has 0 amide bonds. The van der Waals surface area contributed by atoms with Crippen molar-refractivity contribution in [1.29, 1.82) is 0 Å². The number of halogens is 1. The Morgan fingerprint density at radius 2 is 1.72 bits per heavy atom. The molecule has 0 heterocycles. The fourth-order valence-corrected chi connectivity index (χ4v) is 3.79. The van der Waals surface area contributed by atoms with E-state index in [1.165, 1.54) is 11.6 Å². The van der Waals surface area contributed by atoms with Crippen molar-refractivity contribution in [3.8, 4) is 11.1 Å². The van der Waals surface area contributed by atoms with Crippen molar-refractivity contribution in [1.82, 2.24) is 0 Å². The van der Waals surface area contributed by atoms with Crippen LogP contribution in [0.3, 0.4) is 0 Å². The first-order valence-corrected chi connectivity index (χ1v) is 11.0. The molecule has 0 spiro atoms. The molecule has 1 unspecified atom stereocenters. The molecule has 0 aliphatic carbocycles. The van der Waals surface area contributed by atoms with Crippen molar-refractivity contribution in [3.63, 3.8) is 0 Å². The molecule has 0 saturated carbocycles. The highest BCUT2D eigenvalue weighted by Crippen LogP contribution is 2.28. The van der Waals surface area contributed by atoms with Gasteiger partial charge in [0.1, 0.15) is 11.6 Å². The van der Waals surface area contributed by atoms with Crippen LogP contribution in [0.25, 0.3) is 23.3 Å². The number of rotatable bonds is 8. The number of hydrogen-bond donors (Lipinski definition) is 1. The van der Waals surface area contributed by atoms with Gasteiger partial charge in [-0.05, 0) is 84.7 Å². The molecule has 0 aliphatic heterocycles. The summed E-state index contributed by atoms with van der Waals surface area (Å²) < 4.78 is 13.7. The molecular weight excluding hydrogens is 399 g/mol. The molecule has 3 aromatic rings. The monoisotopic (exact) mass is 430 g/mol. The predicted molar refractivity (Wildman–Crippen MR) is 131 cm³/mol. The smallest absolute Gasteiger partial charge is 0.137 e. The average molecular weight is 431 g/mol. The van der Waals surface area contributed by atoms with E-state index in [9.17, 15) is 14.3 Å². The second kappa shape index (κ2) is 10.1. The summed E-state index contributed by atoms with van der Waals surface area (Å²) in [5.41, 5.74) is 6.80. The van der Waals surface area contributed by atoms with Gasteiger partial charge in [-0.1, -0.05) is 67.6 Å². The number of aliphatic hydroxyl groups is 1. The zero-order valence-corrected chi connectivity index (χ0v) is 19.3. The molecule has 0 saturated heterocycles. The van der Waals surface area contributed by atoms with Crippen molar-refractivity contribution < 1.29 is 14.3 Å². The highest BCUT2D eigenvalue weighted by Gasteiger charge is 2.28. The van der Waals surface area contributed by atoms with E-state index in [0.29, 0.717) is 6.42 Å². The number of carbonyl (C=O) groups excluding carboxylic acids is 1. The van der Waals surface area contributed by atoms with Crippen LogP contribution in [0.15, 0.2) is 60.7 Å². The second-order valence-electron chi connectivity index (χ2n) is 8.83. The van der Waals surface area contributed by atoms with E-state index in [4.69, 9.17) is 0 Å². The van der Waals surface area contributed by atoms with E-state index < -0.39 is 5.41 Å². The van der Waals surface area contributed by atoms with E-state index >= 15 is 0 Å². The van der Waals surface area contributed by atoms with E-state index in [2.05, 4.69) is 50.3 Å². The molecule has 3 heteroatoms. The zero-order chi connectivity index (χ0) is 23.3. The third-order valence-electron chi connectivity index (χ3n) is 6.46. The quantitative estimate of drug-likeness (QED) is 0.399. The molecule has 0 aromatic heterocycles. The van der Waals surface area contributed by atoms with Crippen molar-refractivity contribution in [3.05, 3.63) is 94.3 Å². The first-order chi connectivity index (χ1) is 15.2. The first kappa shape index (κ1) is 23.6. The van der Waals surface area contributed by atoms with Crippen molar-refractivity contribution in [2.75, 3.05) is 6.61 Å². The van der Waals surface area contributed by atoms with Gasteiger partial charge in [-0.2, -0.15) is 0 Å². The lowest BCUT2D eigenvalue weighted by Gasteiger charge is -2.24. The Morgan fingerprint density at radius 1 is 1.00 bits per heavy atom. The van der Waals surface area contributed by atoms with Crippen LogP contribution in [-0.4, -0.2) is 17.5 Å². The fraction of sp³-hybridized carbons (Fsp3) is 0.276. The van der Waals surface area contributed by atoms with Crippen LogP contribution in [0.2, 0.25) is 0 Å². The minimum atomic E-state index is -0.699. The maximum absolute atomic E-state index is 13.7. The molecule has 0 aliphatic rings. The molecule has 3 rings (SSSR count). The third-order valence-corrected chi connectivity index (χ3v) is 6.46. The molecule has 1 N–H and O–H groups in total. The average Bonchev–Trinajstić information content (AvgIpc) is 2.78. The maximum Gasteiger partial charge on any atom is 0.137 e. The van der Waals surface area contributed by atoms with Gasteiger partial charge in [-0.25, -0.2) is 4.39 Å². The Morgan fingerprint density at radius 3 is 2.41 bits per heavy atom. The Labute approximate surface area is 190 Å². The number of carbonyl (C=O) groups is 1. The van der Waals surface area contributed by atoms with Gasteiger partial charge in [-0.3, -0.25) is 4.79 Å². The Bertz CT molecular complexity index is 1150. The van der Waals surface area contributed by atoms with Crippen molar-refractivity contribution in [2.24, 2.45) is 5.41 Å². The standard InChI is InChI=1S/C29H31FO2/c1-20-11-12-23(15-16-29(4,19-31)22(3)32)17-25(20)14-13-24-7-6-10-28(21(24)2)26-8-5-9-27(30)18-26/h5-14,17-18,31H,15-16,19H2,1-4H3/b14-13+. The summed E-state index contributed by atoms with van der Waals surface area (Å²) >= 11 is 0. The molecule has 0 bridgehead atoms. The molecule has 2 nitrogen and oxygen atoms in total. The van der Waals surface area contributed by atoms with Gasteiger partial charge >= 0.3 is 0 Å². The summed E-state index contributed by atoms with van der Waals surface area (Å²) in [5, 5.41) is 9.64. The minimum Gasteiger partial charge on any atom is -0.395 e. The van der Waals surface area contributed by atoms with E-state index in [0.717, 1.165) is 39.8 Å². The summed E-state index contributed by atoms with van der Waals surface area (Å²) in [6.07, 6.45) is 5.54. The maximum atomic E-state index is 13.7. The van der Waals surface area contributed by atoms with Crippen LogP contribution in [0.4, 0.5) is 4.39 Å². The van der Waals surface area contributed by atoms with Crippen LogP contribution >= 0.6 is 0 Å². The third kappa shape index (κ3) is 5.41.